The lowest BCUT2D eigenvalue weighted by molar-refractivity contribution is 0.376. The van der Waals surface area contributed by atoms with Crippen molar-refractivity contribution in [2.45, 2.75) is 31.3 Å². The third-order valence-electron chi connectivity index (χ3n) is 4.38. The second kappa shape index (κ2) is 7.95. The Morgan fingerprint density at radius 2 is 2.03 bits per heavy atom. The molecular weight excluding hydrogens is 448 g/mol. The zero-order chi connectivity index (χ0) is 21.5. The largest absolute Gasteiger partial charge is 0.338 e. The van der Waals surface area contributed by atoms with Crippen LogP contribution in [0.15, 0.2) is 56.7 Å². The quantitative estimate of drug-likeness (QED) is 0.464. The second-order valence-electron chi connectivity index (χ2n) is 6.81. The topological polar surface area (TPSA) is 107 Å². The van der Waals surface area contributed by atoms with Crippen LogP contribution in [-0.4, -0.2) is 23.1 Å². The van der Waals surface area contributed by atoms with Crippen LogP contribution in [0, 0.1) is 0 Å². The highest BCUT2D eigenvalue weighted by atomic mass is 35.5. The molecule has 0 aliphatic rings. The van der Waals surface area contributed by atoms with Crippen LogP contribution in [0.25, 0.3) is 21.6 Å². The monoisotopic (exact) mass is 464 g/mol. The summed E-state index contributed by atoms with van der Waals surface area (Å²) in [6.45, 7) is 3.64. The number of hydrogen-bond acceptors (Lipinski definition) is 7. The highest BCUT2D eigenvalue weighted by Crippen LogP contribution is 2.24. The lowest BCUT2D eigenvalue weighted by Crippen LogP contribution is -2.23. The van der Waals surface area contributed by atoms with Crippen LogP contribution in [0.1, 0.15) is 25.8 Å². The Balaban J connectivity index is 1.54. The minimum Gasteiger partial charge on any atom is -0.338 e. The van der Waals surface area contributed by atoms with E-state index >= 15 is 0 Å². The van der Waals surface area contributed by atoms with Crippen LogP contribution in [-0.2, 0) is 16.6 Å². The van der Waals surface area contributed by atoms with Crippen LogP contribution in [0.3, 0.4) is 0 Å². The molecular formula is C19H17ClN4O4S2. The standard InChI is InChI=1S/C19H17ClN4O4S2/c1-11(2)24-15-7-6-14(9-16(15)29-19(24)25)30(26,27)21-10-17-22-18(23-28-17)12-4-3-5-13(20)8-12/h3-9,11,21H,10H2,1-2H3. The minimum absolute atomic E-state index is 0.0157. The maximum atomic E-state index is 12.7. The fourth-order valence-electron chi connectivity index (χ4n) is 2.98. The molecule has 0 bridgehead atoms. The van der Waals surface area contributed by atoms with E-state index < -0.39 is 10.0 Å². The van der Waals surface area contributed by atoms with Crippen molar-refractivity contribution in [1.82, 2.24) is 19.4 Å². The molecule has 156 valence electrons. The van der Waals surface area contributed by atoms with E-state index in [1.165, 1.54) is 12.1 Å². The molecule has 0 unspecified atom stereocenters. The Labute approximate surface area is 181 Å². The van der Waals surface area contributed by atoms with Crippen molar-refractivity contribution in [2.24, 2.45) is 0 Å². The number of sulfonamides is 1. The maximum absolute atomic E-state index is 12.7. The molecule has 4 aromatic rings. The first-order valence-corrected chi connectivity index (χ1v) is 11.7. The summed E-state index contributed by atoms with van der Waals surface area (Å²) in [5.74, 6) is 0.429. The summed E-state index contributed by atoms with van der Waals surface area (Å²) in [5, 5.41) is 4.39. The van der Waals surface area contributed by atoms with Gasteiger partial charge in [-0.15, -0.1) is 0 Å². The Hall–Kier alpha value is -2.53. The lowest BCUT2D eigenvalue weighted by atomic mass is 10.2. The Bertz CT molecular complexity index is 1390. The maximum Gasteiger partial charge on any atom is 0.308 e. The first kappa shape index (κ1) is 20.7. The van der Waals surface area contributed by atoms with Crippen LogP contribution >= 0.6 is 22.9 Å². The number of nitrogens with one attached hydrogen (secondary N) is 1. The highest BCUT2D eigenvalue weighted by Gasteiger charge is 2.19. The molecule has 2 heterocycles. The molecule has 0 spiro atoms. The van der Waals surface area contributed by atoms with Gasteiger partial charge < -0.3 is 4.52 Å². The number of rotatable bonds is 6. The van der Waals surface area contributed by atoms with Gasteiger partial charge in [0, 0.05) is 16.6 Å². The molecule has 11 heteroatoms. The third-order valence-corrected chi connectivity index (χ3v) is 6.93. The molecule has 0 saturated heterocycles. The van der Waals surface area contributed by atoms with E-state index in [0.717, 1.165) is 11.3 Å². The summed E-state index contributed by atoms with van der Waals surface area (Å²) < 4.78 is 35.2. The van der Waals surface area contributed by atoms with Crippen molar-refractivity contribution in [3.8, 4) is 11.4 Å². The number of benzene rings is 2. The fraction of sp³-hybridized carbons (Fsp3) is 0.211. The number of aromatic nitrogens is 3. The Kier molecular flexibility index (Phi) is 5.49. The lowest BCUT2D eigenvalue weighted by Gasteiger charge is -2.08. The van der Waals surface area contributed by atoms with E-state index in [1.807, 2.05) is 13.8 Å². The molecule has 0 fully saturated rings. The molecule has 30 heavy (non-hydrogen) atoms. The number of nitrogens with zero attached hydrogens (tertiary/aromatic N) is 3. The molecule has 0 radical (unpaired) electrons. The zero-order valence-electron chi connectivity index (χ0n) is 16.0. The van der Waals surface area contributed by atoms with Gasteiger partial charge >= 0.3 is 4.87 Å². The van der Waals surface area contributed by atoms with Gasteiger partial charge in [-0.05, 0) is 44.2 Å². The van der Waals surface area contributed by atoms with Gasteiger partial charge in [-0.2, -0.15) is 4.98 Å². The van der Waals surface area contributed by atoms with E-state index in [1.54, 1.807) is 34.9 Å². The second-order valence-corrected chi connectivity index (χ2v) is 10.0. The van der Waals surface area contributed by atoms with Crippen LogP contribution in [0.4, 0.5) is 0 Å². The predicted octanol–water partition coefficient (Wildman–Crippen LogP) is 3.83. The molecule has 2 aromatic heterocycles. The van der Waals surface area contributed by atoms with Gasteiger partial charge in [-0.3, -0.25) is 9.36 Å². The van der Waals surface area contributed by atoms with Crippen molar-refractivity contribution in [2.75, 3.05) is 0 Å². The van der Waals surface area contributed by atoms with E-state index in [-0.39, 0.29) is 28.2 Å². The molecule has 0 aliphatic carbocycles. The molecule has 1 N–H and O–H groups in total. The molecule has 0 atom stereocenters. The van der Waals surface area contributed by atoms with Gasteiger partial charge in [-0.25, -0.2) is 13.1 Å². The van der Waals surface area contributed by atoms with Gasteiger partial charge in [0.1, 0.15) is 0 Å². The molecule has 4 rings (SSSR count). The van der Waals surface area contributed by atoms with Crippen molar-refractivity contribution in [1.29, 1.82) is 0 Å². The van der Waals surface area contributed by atoms with Crippen molar-refractivity contribution in [3.05, 3.63) is 63.0 Å². The van der Waals surface area contributed by atoms with Gasteiger partial charge in [-0.1, -0.05) is 40.2 Å². The van der Waals surface area contributed by atoms with Crippen molar-refractivity contribution >= 4 is 43.2 Å². The molecule has 0 amide bonds. The van der Waals surface area contributed by atoms with E-state index in [4.69, 9.17) is 16.1 Å². The summed E-state index contributed by atoms with van der Waals surface area (Å²) in [5.41, 5.74) is 1.37. The smallest absolute Gasteiger partial charge is 0.308 e. The first-order valence-electron chi connectivity index (χ1n) is 8.98. The van der Waals surface area contributed by atoms with Crippen LogP contribution < -0.4 is 9.60 Å². The Morgan fingerprint density at radius 3 is 2.77 bits per heavy atom. The van der Waals surface area contributed by atoms with Gasteiger partial charge in [0.2, 0.25) is 21.7 Å². The number of thiazole rings is 1. The van der Waals surface area contributed by atoms with E-state index in [2.05, 4.69) is 14.9 Å². The predicted molar refractivity (Wildman–Crippen MR) is 115 cm³/mol. The molecule has 0 aliphatic heterocycles. The third kappa shape index (κ3) is 4.04. The van der Waals surface area contributed by atoms with Crippen LogP contribution in [0.5, 0.6) is 0 Å². The summed E-state index contributed by atoms with van der Waals surface area (Å²) in [6, 6.07) is 11.5. The summed E-state index contributed by atoms with van der Waals surface area (Å²) >= 11 is 6.98. The van der Waals surface area contributed by atoms with Gasteiger partial charge in [0.05, 0.1) is 21.7 Å². The van der Waals surface area contributed by atoms with E-state index in [9.17, 15) is 13.2 Å². The fourth-order valence-corrected chi connectivity index (χ4v) is 5.30. The number of hydrogen-bond donors (Lipinski definition) is 1. The molecule has 8 nitrogen and oxygen atoms in total. The SMILES string of the molecule is CC(C)n1c(=O)sc2cc(S(=O)(=O)NCc3nc(-c4cccc(Cl)c4)no3)ccc21. The highest BCUT2D eigenvalue weighted by molar-refractivity contribution is 7.89. The van der Waals surface area contributed by atoms with Gasteiger partial charge in [0.15, 0.2) is 0 Å². The average Bonchev–Trinajstić information content (AvgIpc) is 3.29. The zero-order valence-corrected chi connectivity index (χ0v) is 18.4. The van der Waals surface area contributed by atoms with Crippen molar-refractivity contribution < 1.29 is 12.9 Å². The average molecular weight is 465 g/mol. The van der Waals surface area contributed by atoms with E-state index in [0.29, 0.717) is 26.6 Å². The molecule has 0 saturated carbocycles. The van der Waals surface area contributed by atoms with Crippen LogP contribution in [0.2, 0.25) is 5.02 Å². The van der Waals surface area contributed by atoms with Gasteiger partial charge in [0.25, 0.3) is 0 Å². The number of fused-ring (bicyclic) bond motifs is 1. The Morgan fingerprint density at radius 1 is 1.23 bits per heavy atom. The summed E-state index contributed by atoms with van der Waals surface area (Å²) in [4.78, 5) is 16.3. The number of halogens is 1. The molecule has 2 aromatic carbocycles. The van der Waals surface area contributed by atoms with Crippen molar-refractivity contribution in [3.63, 3.8) is 0 Å². The normalized spacial score (nSPS) is 12.1. The summed E-state index contributed by atoms with van der Waals surface area (Å²) in [6.07, 6.45) is 0. The first-order chi connectivity index (χ1) is 14.2. The minimum atomic E-state index is -3.84. The summed E-state index contributed by atoms with van der Waals surface area (Å²) in [7, 11) is -3.84.